The van der Waals surface area contributed by atoms with E-state index in [9.17, 15) is 0 Å². The molecule has 0 unspecified atom stereocenters. The normalized spacial score (nSPS) is 22.2. The van der Waals surface area contributed by atoms with E-state index in [1.807, 2.05) is 0 Å². The molecule has 0 amide bonds. The molecule has 3 aromatic carbocycles. The fraction of sp³-hybridized carbons (Fsp3) is 0.100. The number of benzene rings is 3. The van der Waals surface area contributed by atoms with E-state index in [1.54, 1.807) is 0 Å². The molecule has 3 aromatic rings. The van der Waals surface area contributed by atoms with Gasteiger partial charge >= 0.3 is 134 Å². The van der Waals surface area contributed by atoms with Gasteiger partial charge in [-0.2, -0.15) is 0 Å². The van der Waals surface area contributed by atoms with Crippen LogP contribution in [-0.2, 0) is 22.3 Å². The fourth-order valence-corrected chi connectivity index (χ4v) is 10.4. The van der Waals surface area contributed by atoms with Crippen LogP contribution in [0.2, 0.25) is 0 Å². The molecule has 0 aliphatic carbocycles. The average Bonchev–Trinajstić information content (AvgIpc) is 3.23. The molecule has 23 heavy (non-hydrogen) atoms. The van der Waals surface area contributed by atoms with Crippen LogP contribution in [0.5, 0.6) is 0 Å². The number of hydrogen-bond donors (Lipinski definition) is 0. The Bertz CT molecular complexity index is 932. The quantitative estimate of drug-likeness (QED) is 0.592. The Morgan fingerprint density at radius 2 is 1.13 bits per heavy atom. The summed E-state index contributed by atoms with van der Waals surface area (Å²) in [6, 6.07) is 23.8. The van der Waals surface area contributed by atoms with E-state index >= 15 is 0 Å². The Labute approximate surface area is 134 Å². The first-order valence-electron chi connectivity index (χ1n) is 7.97. The SMILES string of the molecule is c1cc2c3c(c1)COP31(OC2)c2ccccc2-c2ccccc21. The molecule has 3 aliphatic rings. The Balaban J connectivity index is 1.89. The van der Waals surface area contributed by atoms with Crippen LogP contribution < -0.4 is 15.9 Å². The molecule has 0 bridgehead atoms. The first-order valence-corrected chi connectivity index (χ1v) is 10.0. The second-order valence-electron chi connectivity index (χ2n) is 6.46. The van der Waals surface area contributed by atoms with E-state index < -0.39 is 7.06 Å². The summed E-state index contributed by atoms with van der Waals surface area (Å²) in [5.41, 5.74) is 5.13. The first kappa shape index (κ1) is 12.4. The van der Waals surface area contributed by atoms with E-state index in [0.29, 0.717) is 13.2 Å². The van der Waals surface area contributed by atoms with E-state index in [4.69, 9.17) is 9.05 Å². The van der Waals surface area contributed by atoms with E-state index in [1.165, 1.54) is 38.2 Å². The molecule has 0 fully saturated rings. The zero-order valence-corrected chi connectivity index (χ0v) is 13.4. The molecule has 2 nitrogen and oxygen atoms in total. The number of rotatable bonds is 0. The standard InChI is InChI=1S/C20H15O2P/c1-3-10-18-16(8-1)17-9-2-4-11-19(17)23(18)20-14(12-21-23)6-5-7-15(20)13-22-23/h1-11H,12-13H2. The summed E-state index contributed by atoms with van der Waals surface area (Å²) in [5.74, 6) is 0. The van der Waals surface area contributed by atoms with Crippen molar-refractivity contribution in [1.82, 2.24) is 0 Å². The average molecular weight is 318 g/mol. The Hall–Kier alpha value is -1.99. The summed E-state index contributed by atoms with van der Waals surface area (Å²) in [6.45, 7) is 1.29. The van der Waals surface area contributed by atoms with Crippen LogP contribution in [-0.4, -0.2) is 0 Å². The summed E-state index contributed by atoms with van der Waals surface area (Å²) in [4.78, 5) is 0. The van der Waals surface area contributed by atoms with Crippen molar-refractivity contribution in [2.45, 2.75) is 13.2 Å². The second kappa shape index (κ2) is 3.73. The van der Waals surface area contributed by atoms with Gasteiger partial charge in [-0.25, -0.2) is 0 Å². The molecule has 3 heterocycles. The van der Waals surface area contributed by atoms with Crippen molar-refractivity contribution < 1.29 is 9.05 Å². The van der Waals surface area contributed by atoms with Gasteiger partial charge in [0, 0.05) is 0 Å². The van der Waals surface area contributed by atoms with Crippen LogP contribution in [0.3, 0.4) is 0 Å². The maximum atomic E-state index is 6.72. The molecule has 0 saturated carbocycles. The summed E-state index contributed by atoms with van der Waals surface area (Å²) >= 11 is 0. The summed E-state index contributed by atoms with van der Waals surface area (Å²) < 4.78 is 13.4. The molecular formula is C20H15O2P. The van der Waals surface area contributed by atoms with Gasteiger partial charge in [-0.1, -0.05) is 0 Å². The van der Waals surface area contributed by atoms with Gasteiger partial charge in [0.2, 0.25) is 0 Å². The van der Waals surface area contributed by atoms with Crippen LogP contribution in [0.25, 0.3) is 11.1 Å². The van der Waals surface area contributed by atoms with Gasteiger partial charge in [-0.3, -0.25) is 0 Å². The van der Waals surface area contributed by atoms with Crippen molar-refractivity contribution in [3.8, 4) is 11.1 Å². The molecule has 0 aromatic heterocycles. The van der Waals surface area contributed by atoms with Gasteiger partial charge in [0.25, 0.3) is 0 Å². The minimum absolute atomic E-state index is 0.643. The molecule has 0 radical (unpaired) electrons. The predicted molar refractivity (Wildman–Crippen MR) is 93.7 cm³/mol. The van der Waals surface area contributed by atoms with Crippen molar-refractivity contribution in [2.75, 3.05) is 0 Å². The monoisotopic (exact) mass is 318 g/mol. The van der Waals surface area contributed by atoms with Gasteiger partial charge in [0.15, 0.2) is 0 Å². The second-order valence-corrected chi connectivity index (χ2v) is 10.3. The summed E-state index contributed by atoms with van der Waals surface area (Å²) in [7, 11) is -3.17. The maximum absolute atomic E-state index is 6.72. The fourth-order valence-electron chi connectivity index (χ4n) is 4.71. The summed E-state index contributed by atoms with van der Waals surface area (Å²) in [5, 5.41) is 3.85. The third-order valence-electron chi connectivity index (χ3n) is 5.52. The van der Waals surface area contributed by atoms with Crippen molar-refractivity contribution in [2.24, 2.45) is 0 Å². The Kier molecular flexibility index (Phi) is 2.02. The molecule has 112 valence electrons. The van der Waals surface area contributed by atoms with Crippen LogP contribution >= 0.6 is 7.06 Å². The molecule has 1 spiro atoms. The third kappa shape index (κ3) is 1.12. The minimum atomic E-state index is -3.17. The molecule has 0 N–H and O–H groups in total. The van der Waals surface area contributed by atoms with Crippen molar-refractivity contribution in [3.05, 3.63) is 77.9 Å². The van der Waals surface area contributed by atoms with Crippen molar-refractivity contribution >= 4 is 23.0 Å². The van der Waals surface area contributed by atoms with E-state index in [-0.39, 0.29) is 0 Å². The third-order valence-corrected chi connectivity index (χ3v) is 10.7. The first-order chi connectivity index (χ1) is 11.3. The number of hydrogen-bond acceptors (Lipinski definition) is 2. The summed E-state index contributed by atoms with van der Waals surface area (Å²) in [6.07, 6.45) is 0. The molecule has 3 aliphatic heterocycles. The molecule has 0 saturated heterocycles. The van der Waals surface area contributed by atoms with Gasteiger partial charge in [0.05, 0.1) is 0 Å². The molecule has 6 rings (SSSR count). The van der Waals surface area contributed by atoms with Gasteiger partial charge in [-0.05, 0) is 0 Å². The Morgan fingerprint density at radius 3 is 1.70 bits per heavy atom. The van der Waals surface area contributed by atoms with Crippen molar-refractivity contribution in [3.63, 3.8) is 0 Å². The van der Waals surface area contributed by atoms with Gasteiger partial charge in [0.1, 0.15) is 0 Å². The molecule has 0 atom stereocenters. The Morgan fingerprint density at radius 1 is 0.609 bits per heavy atom. The van der Waals surface area contributed by atoms with Gasteiger partial charge in [-0.15, -0.1) is 0 Å². The van der Waals surface area contributed by atoms with Crippen molar-refractivity contribution in [1.29, 1.82) is 0 Å². The van der Waals surface area contributed by atoms with Crippen LogP contribution in [0.1, 0.15) is 11.1 Å². The van der Waals surface area contributed by atoms with E-state index in [2.05, 4.69) is 66.7 Å². The zero-order chi connectivity index (χ0) is 15.1. The molecule has 3 heteroatoms. The zero-order valence-electron chi connectivity index (χ0n) is 12.5. The predicted octanol–water partition coefficient (Wildman–Crippen LogP) is 3.39. The molecular weight excluding hydrogens is 303 g/mol. The van der Waals surface area contributed by atoms with E-state index in [0.717, 1.165) is 0 Å². The van der Waals surface area contributed by atoms with Crippen LogP contribution in [0, 0.1) is 0 Å². The van der Waals surface area contributed by atoms with Gasteiger partial charge < -0.3 is 0 Å². The van der Waals surface area contributed by atoms with Crippen LogP contribution in [0.4, 0.5) is 0 Å². The topological polar surface area (TPSA) is 18.5 Å². The van der Waals surface area contributed by atoms with Crippen LogP contribution in [0.15, 0.2) is 66.7 Å². The number of fused-ring (bicyclic) bond motifs is 3.